The van der Waals surface area contributed by atoms with E-state index in [4.69, 9.17) is 9.47 Å². The molecule has 1 fully saturated rings. The molecule has 2 aliphatic heterocycles. The fourth-order valence-electron chi connectivity index (χ4n) is 4.55. The number of thioether (sulfide) groups is 1. The largest absolute Gasteiger partial charge is 0.508 e. The van der Waals surface area contributed by atoms with Gasteiger partial charge in [-0.1, -0.05) is 31.2 Å². The number of ether oxygens (including phenoxy) is 2. The number of hydrogen-bond acceptors (Lipinski definition) is 6. The average Bonchev–Trinajstić information content (AvgIpc) is 3.23. The van der Waals surface area contributed by atoms with Gasteiger partial charge in [-0.05, 0) is 72.5 Å². The van der Waals surface area contributed by atoms with Crippen LogP contribution >= 0.6 is 24.2 Å². The number of phenolic OH excluding ortho intramolecular Hbond substituents is 2. The Morgan fingerprint density at radius 1 is 1.00 bits per heavy atom. The van der Waals surface area contributed by atoms with Crippen molar-refractivity contribution in [3.05, 3.63) is 77.9 Å². The maximum Gasteiger partial charge on any atom is 0.140 e. The summed E-state index contributed by atoms with van der Waals surface area (Å²) in [5.41, 5.74) is 2.01. The number of likely N-dealkylation sites (tertiary alicyclic amines) is 1. The molecule has 0 aliphatic carbocycles. The summed E-state index contributed by atoms with van der Waals surface area (Å²) in [6.45, 7) is 6.27. The van der Waals surface area contributed by atoms with E-state index >= 15 is 0 Å². The van der Waals surface area contributed by atoms with Gasteiger partial charge in [0.1, 0.15) is 35.7 Å². The van der Waals surface area contributed by atoms with Gasteiger partial charge in [0.25, 0.3) is 0 Å². The second-order valence-corrected chi connectivity index (χ2v) is 10.1. The number of phenols is 2. The SMILES string of the molecule is C[C@H]1CCN(CCOc2ccc([C@@H]3Oc4ccc(O)cc4S[C@@H]3c3cccc(O)c3)cc2)C1.Cl. The molecule has 0 saturated carbocycles. The van der Waals surface area contributed by atoms with Crippen LogP contribution in [0.25, 0.3) is 0 Å². The lowest BCUT2D eigenvalue weighted by atomic mass is 10.00. The molecule has 2 heterocycles. The van der Waals surface area contributed by atoms with Crippen LogP contribution in [0.15, 0.2) is 71.6 Å². The van der Waals surface area contributed by atoms with Gasteiger partial charge in [-0.2, -0.15) is 0 Å². The van der Waals surface area contributed by atoms with Crippen LogP contribution in [-0.4, -0.2) is 41.4 Å². The third-order valence-corrected chi connectivity index (χ3v) is 7.65. The predicted molar refractivity (Wildman–Crippen MR) is 138 cm³/mol. The molecular weight excluding hydrogens is 470 g/mol. The molecule has 0 radical (unpaired) electrons. The minimum absolute atomic E-state index is 0. The highest BCUT2D eigenvalue weighted by Crippen LogP contribution is 2.54. The first-order valence-electron chi connectivity index (χ1n) is 11.5. The van der Waals surface area contributed by atoms with Gasteiger partial charge in [0.2, 0.25) is 0 Å². The fraction of sp³-hybridized carbons (Fsp3) is 0.333. The molecule has 3 aromatic carbocycles. The molecule has 3 atom stereocenters. The molecule has 0 amide bonds. The van der Waals surface area contributed by atoms with Crippen molar-refractivity contribution < 1.29 is 19.7 Å². The van der Waals surface area contributed by atoms with Gasteiger partial charge >= 0.3 is 0 Å². The standard InChI is InChI=1S/C27H29NO4S.ClH/c1-18-11-12-28(17-18)13-14-31-23-8-5-19(6-9-23)26-27(20-3-2-4-21(29)15-20)33-25-16-22(30)7-10-24(25)32-26;/h2-10,15-16,18,26-27,29-30H,11-14,17H2,1H3;1H/t18-,26-,27+;/m0./s1. The zero-order chi connectivity index (χ0) is 22.8. The Bertz CT molecular complexity index is 1110. The van der Waals surface area contributed by atoms with Crippen LogP contribution in [0.1, 0.15) is 35.8 Å². The lowest BCUT2D eigenvalue weighted by Crippen LogP contribution is -2.25. The van der Waals surface area contributed by atoms with Crippen LogP contribution in [0.2, 0.25) is 0 Å². The van der Waals surface area contributed by atoms with Crippen molar-refractivity contribution in [1.29, 1.82) is 0 Å². The van der Waals surface area contributed by atoms with E-state index in [2.05, 4.69) is 24.0 Å². The molecule has 34 heavy (non-hydrogen) atoms. The highest BCUT2D eigenvalue weighted by Gasteiger charge is 2.34. The van der Waals surface area contributed by atoms with E-state index in [0.29, 0.717) is 6.61 Å². The molecular formula is C27H30ClNO4S. The molecule has 7 heteroatoms. The number of rotatable bonds is 6. The Balaban J connectivity index is 0.00000274. The second-order valence-electron chi connectivity index (χ2n) is 8.91. The van der Waals surface area contributed by atoms with Crippen LogP contribution in [0.4, 0.5) is 0 Å². The monoisotopic (exact) mass is 499 g/mol. The van der Waals surface area contributed by atoms with E-state index in [-0.39, 0.29) is 35.3 Å². The molecule has 1 saturated heterocycles. The molecule has 5 nitrogen and oxygen atoms in total. The van der Waals surface area contributed by atoms with Crippen molar-refractivity contribution in [2.24, 2.45) is 5.92 Å². The van der Waals surface area contributed by atoms with Crippen LogP contribution < -0.4 is 9.47 Å². The maximum atomic E-state index is 10.0. The van der Waals surface area contributed by atoms with Gasteiger partial charge in [-0.15, -0.1) is 24.2 Å². The van der Waals surface area contributed by atoms with Crippen LogP contribution in [-0.2, 0) is 0 Å². The molecule has 180 valence electrons. The summed E-state index contributed by atoms with van der Waals surface area (Å²) in [5.74, 6) is 2.83. The first kappa shape index (κ1) is 24.6. The van der Waals surface area contributed by atoms with Gasteiger partial charge in [0.15, 0.2) is 0 Å². The third-order valence-electron chi connectivity index (χ3n) is 6.30. The number of fused-ring (bicyclic) bond motifs is 1. The Kier molecular flexibility index (Phi) is 7.81. The summed E-state index contributed by atoms with van der Waals surface area (Å²) in [5, 5.41) is 19.9. The number of benzene rings is 3. The number of halogens is 1. The van der Waals surface area contributed by atoms with Crippen LogP contribution in [0.3, 0.4) is 0 Å². The summed E-state index contributed by atoms with van der Waals surface area (Å²) in [6.07, 6.45) is 1.03. The Morgan fingerprint density at radius 3 is 2.53 bits per heavy atom. The molecule has 0 bridgehead atoms. The Labute approximate surface area is 211 Å². The highest BCUT2D eigenvalue weighted by molar-refractivity contribution is 7.99. The molecule has 0 aromatic heterocycles. The summed E-state index contributed by atoms with van der Waals surface area (Å²) < 4.78 is 12.4. The fourth-order valence-corrected chi connectivity index (χ4v) is 5.86. The summed E-state index contributed by atoms with van der Waals surface area (Å²) in [4.78, 5) is 3.34. The van der Waals surface area contributed by atoms with Crippen LogP contribution in [0.5, 0.6) is 23.0 Å². The minimum atomic E-state index is -0.242. The Hall–Kier alpha value is -2.54. The van der Waals surface area contributed by atoms with E-state index in [9.17, 15) is 10.2 Å². The third kappa shape index (κ3) is 5.57. The van der Waals surface area contributed by atoms with E-state index in [1.54, 1.807) is 42.1 Å². The molecule has 3 aromatic rings. The molecule has 0 unspecified atom stereocenters. The van der Waals surface area contributed by atoms with E-state index in [1.807, 2.05) is 24.3 Å². The normalized spacial score (nSPS) is 21.9. The van der Waals surface area contributed by atoms with Crippen molar-refractivity contribution >= 4 is 24.2 Å². The zero-order valence-corrected chi connectivity index (χ0v) is 20.7. The number of aromatic hydroxyl groups is 2. The molecule has 2 aliphatic rings. The average molecular weight is 500 g/mol. The first-order chi connectivity index (χ1) is 16.0. The predicted octanol–water partition coefficient (Wildman–Crippen LogP) is 6.21. The first-order valence-corrected chi connectivity index (χ1v) is 12.3. The van der Waals surface area contributed by atoms with Gasteiger partial charge in [-0.3, -0.25) is 4.90 Å². The smallest absolute Gasteiger partial charge is 0.140 e. The topological polar surface area (TPSA) is 62.2 Å². The lowest BCUT2D eigenvalue weighted by molar-refractivity contribution is 0.190. The van der Waals surface area contributed by atoms with Crippen molar-refractivity contribution in [2.45, 2.75) is 29.6 Å². The molecule has 2 N–H and O–H groups in total. The highest BCUT2D eigenvalue weighted by atomic mass is 35.5. The van der Waals surface area contributed by atoms with Crippen molar-refractivity contribution in [1.82, 2.24) is 4.90 Å². The van der Waals surface area contributed by atoms with E-state index < -0.39 is 0 Å². The van der Waals surface area contributed by atoms with Crippen LogP contribution in [0, 0.1) is 5.92 Å². The lowest BCUT2D eigenvalue weighted by Gasteiger charge is -2.34. The quantitative estimate of drug-likeness (QED) is 0.420. The molecule has 0 spiro atoms. The van der Waals surface area contributed by atoms with E-state index in [1.165, 1.54) is 6.42 Å². The van der Waals surface area contributed by atoms with Gasteiger partial charge in [0.05, 0.1) is 10.1 Å². The van der Waals surface area contributed by atoms with Gasteiger partial charge < -0.3 is 19.7 Å². The summed E-state index contributed by atoms with van der Waals surface area (Å²) >= 11 is 1.64. The number of hydrogen-bond donors (Lipinski definition) is 2. The maximum absolute atomic E-state index is 10.0. The van der Waals surface area contributed by atoms with E-state index in [0.717, 1.165) is 53.1 Å². The summed E-state index contributed by atoms with van der Waals surface area (Å²) in [6, 6.07) is 20.6. The number of nitrogens with zero attached hydrogens (tertiary/aromatic N) is 1. The van der Waals surface area contributed by atoms with Gasteiger partial charge in [-0.25, -0.2) is 0 Å². The minimum Gasteiger partial charge on any atom is -0.508 e. The van der Waals surface area contributed by atoms with Gasteiger partial charge in [0, 0.05) is 13.1 Å². The van der Waals surface area contributed by atoms with Crippen molar-refractivity contribution in [2.75, 3.05) is 26.2 Å². The zero-order valence-electron chi connectivity index (χ0n) is 19.1. The molecule has 5 rings (SSSR count). The summed E-state index contributed by atoms with van der Waals surface area (Å²) in [7, 11) is 0. The Morgan fingerprint density at radius 2 is 1.79 bits per heavy atom. The second kappa shape index (κ2) is 10.8. The van der Waals surface area contributed by atoms with Crippen molar-refractivity contribution in [3.63, 3.8) is 0 Å². The van der Waals surface area contributed by atoms with Crippen molar-refractivity contribution in [3.8, 4) is 23.0 Å².